The second kappa shape index (κ2) is 4.43. The van der Waals surface area contributed by atoms with Gasteiger partial charge in [-0.3, -0.25) is 4.98 Å². The third-order valence-corrected chi connectivity index (χ3v) is 2.22. The number of nitrogens with zero attached hydrogens (tertiary/aromatic N) is 1. The minimum absolute atomic E-state index is 0. The first-order valence-electron chi connectivity index (χ1n) is 4.28. The minimum Gasteiger partial charge on any atom is -0.478 e. The van der Waals surface area contributed by atoms with Gasteiger partial charge in [0.25, 0.3) is 0 Å². The number of aryl methyl sites for hydroxylation is 1. The number of fused-ring (bicyclic) bond motifs is 1. The number of carboxylic acids is 1. The standard InChI is InChI=1S/C11H9NO2.Al/c1-7-4-5-9(11(13)14)10-8(7)3-2-6-12-10;/h2-6H,1H3,(H,13,14);. The van der Waals surface area contributed by atoms with Crippen molar-refractivity contribution < 1.29 is 9.90 Å². The fourth-order valence-electron chi connectivity index (χ4n) is 1.49. The number of benzene rings is 1. The fraction of sp³-hybridized carbons (Fsp3) is 0.0909. The molecule has 0 saturated carbocycles. The van der Waals surface area contributed by atoms with Gasteiger partial charge in [0, 0.05) is 28.9 Å². The molecule has 0 bridgehead atoms. The number of aromatic carboxylic acids is 1. The summed E-state index contributed by atoms with van der Waals surface area (Å²) in [5.41, 5.74) is 1.85. The molecule has 3 nitrogen and oxygen atoms in total. The van der Waals surface area contributed by atoms with Crippen LogP contribution in [0.3, 0.4) is 0 Å². The summed E-state index contributed by atoms with van der Waals surface area (Å²) in [6.07, 6.45) is 1.61. The summed E-state index contributed by atoms with van der Waals surface area (Å²) >= 11 is 0. The highest BCUT2D eigenvalue weighted by molar-refractivity contribution is 6.02. The van der Waals surface area contributed by atoms with Gasteiger partial charge < -0.3 is 5.11 Å². The number of hydrogen-bond acceptors (Lipinski definition) is 2. The van der Waals surface area contributed by atoms with Crippen LogP contribution in [0.4, 0.5) is 0 Å². The molecule has 0 atom stereocenters. The topological polar surface area (TPSA) is 50.2 Å². The molecule has 1 N–H and O–H groups in total. The highest BCUT2D eigenvalue weighted by atomic mass is 27.0. The Bertz CT molecular complexity index is 511. The quantitative estimate of drug-likeness (QED) is 0.737. The lowest BCUT2D eigenvalue weighted by Crippen LogP contribution is -1.99. The molecule has 1 aromatic heterocycles. The molecule has 15 heavy (non-hydrogen) atoms. The van der Waals surface area contributed by atoms with Crippen molar-refractivity contribution >= 4 is 34.2 Å². The Balaban J connectivity index is 0.00000112. The largest absolute Gasteiger partial charge is 0.478 e. The van der Waals surface area contributed by atoms with E-state index >= 15 is 0 Å². The van der Waals surface area contributed by atoms with E-state index in [1.807, 2.05) is 13.0 Å². The van der Waals surface area contributed by atoms with Crippen LogP contribution >= 0.6 is 0 Å². The van der Waals surface area contributed by atoms with Crippen molar-refractivity contribution in [3.05, 3.63) is 41.6 Å². The van der Waals surface area contributed by atoms with Crippen LogP contribution in [0.2, 0.25) is 0 Å². The molecule has 4 heteroatoms. The number of hydrogen-bond donors (Lipinski definition) is 1. The van der Waals surface area contributed by atoms with Gasteiger partial charge in [0.15, 0.2) is 0 Å². The number of rotatable bonds is 1. The third-order valence-electron chi connectivity index (χ3n) is 2.22. The summed E-state index contributed by atoms with van der Waals surface area (Å²) in [5, 5.41) is 9.83. The van der Waals surface area contributed by atoms with Crippen LogP contribution < -0.4 is 0 Å². The lowest BCUT2D eigenvalue weighted by atomic mass is 10.1. The van der Waals surface area contributed by atoms with Crippen molar-refractivity contribution in [1.82, 2.24) is 4.98 Å². The number of carbonyl (C=O) groups is 1. The van der Waals surface area contributed by atoms with E-state index in [1.165, 1.54) is 0 Å². The fourth-order valence-corrected chi connectivity index (χ4v) is 1.49. The monoisotopic (exact) mass is 214 g/mol. The molecule has 0 spiro atoms. The maximum absolute atomic E-state index is 10.9. The normalized spacial score (nSPS) is 9.67. The summed E-state index contributed by atoms with van der Waals surface area (Å²) in [7, 11) is 0. The molecule has 1 heterocycles. The second-order valence-electron chi connectivity index (χ2n) is 3.13. The molecular weight excluding hydrogens is 205 g/mol. The maximum Gasteiger partial charge on any atom is 0.337 e. The van der Waals surface area contributed by atoms with Crippen molar-refractivity contribution in [2.45, 2.75) is 6.92 Å². The van der Waals surface area contributed by atoms with Gasteiger partial charge in [-0.25, -0.2) is 4.79 Å². The van der Waals surface area contributed by atoms with Gasteiger partial charge in [-0.15, -0.1) is 0 Å². The average Bonchev–Trinajstić information content (AvgIpc) is 2.18. The molecular formula is C11H9AlNO2. The molecule has 2 rings (SSSR count). The van der Waals surface area contributed by atoms with E-state index in [0.717, 1.165) is 10.9 Å². The molecule has 2 aromatic rings. The average molecular weight is 214 g/mol. The van der Waals surface area contributed by atoms with Gasteiger partial charge in [-0.1, -0.05) is 12.1 Å². The predicted octanol–water partition coefficient (Wildman–Crippen LogP) is 1.86. The van der Waals surface area contributed by atoms with Gasteiger partial charge in [-0.2, -0.15) is 0 Å². The lowest BCUT2D eigenvalue weighted by molar-refractivity contribution is 0.0699. The molecule has 0 unspecified atom stereocenters. The molecule has 1 aromatic carbocycles. The molecule has 0 aliphatic rings. The van der Waals surface area contributed by atoms with Crippen molar-refractivity contribution in [2.75, 3.05) is 0 Å². The lowest BCUT2D eigenvalue weighted by Gasteiger charge is -2.03. The molecule has 0 amide bonds. The van der Waals surface area contributed by atoms with Crippen LogP contribution in [0.15, 0.2) is 30.5 Å². The Morgan fingerprint density at radius 3 is 2.73 bits per heavy atom. The first-order valence-corrected chi connectivity index (χ1v) is 4.28. The van der Waals surface area contributed by atoms with Crippen LogP contribution in [-0.2, 0) is 0 Å². The van der Waals surface area contributed by atoms with Crippen molar-refractivity contribution in [3.8, 4) is 0 Å². The van der Waals surface area contributed by atoms with Gasteiger partial charge >= 0.3 is 5.97 Å². The van der Waals surface area contributed by atoms with Gasteiger partial charge in [-0.05, 0) is 24.6 Å². The van der Waals surface area contributed by atoms with Gasteiger partial charge in [0.05, 0.1) is 11.1 Å². The van der Waals surface area contributed by atoms with Gasteiger partial charge in [0.2, 0.25) is 0 Å². The van der Waals surface area contributed by atoms with E-state index in [0.29, 0.717) is 5.52 Å². The van der Waals surface area contributed by atoms with E-state index in [4.69, 9.17) is 5.11 Å². The predicted molar refractivity (Wildman–Crippen MR) is 59.2 cm³/mol. The van der Waals surface area contributed by atoms with E-state index in [2.05, 4.69) is 4.98 Å². The van der Waals surface area contributed by atoms with E-state index in [-0.39, 0.29) is 22.9 Å². The van der Waals surface area contributed by atoms with Crippen LogP contribution in [0.1, 0.15) is 15.9 Å². The molecule has 0 fully saturated rings. The van der Waals surface area contributed by atoms with Crippen LogP contribution in [0.25, 0.3) is 10.9 Å². The van der Waals surface area contributed by atoms with E-state index in [9.17, 15) is 4.79 Å². The first kappa shape index (κ1) is 11.7. The Morgan fingerprint density at radius 1 is 1.33 bits per heavy atom. The Morgan fingerprint density at radius 2 is 2.07 bits per heavy atom. The number of aromatic nitrogens is 1. The molecule has 0 aliphatic heterocycles. The second-order valence-corrected chi connectivity index (χ2v) is 3.13. The number of pyridine rings is 1. The minimum atomic E-state index is -0.936. The summed E-state index contributed by atoms with van der Waals surface area (Å²) < 4.78 is 0. The van der Waals surface area contributed by atoms with Crippen LogP contribution in [0, 0.1) is 6.92 Å². The Hall–Kier alpha value is -1.37. The highest BCUT2D eigenvalue weighted by Crippen LogP contribution is 2.19. The highest BCUT2D eigenvalue weighted by Gasteiger charge is 2.09. The smallest absolute Gasteiger partial charge is 0.337 e. The summed E-state index contributed by atoms with van der Waals surface area (Å²) in [6, 6.07) is 7.07. The zero-order chi connectivity index (χ0) is 10.1. The summed E-state index contributed by atoms with van der Waals surface area (Å²) in [5.74, 6) is -0.936. The molecule has 0 aliphatic carbocycles. The SMILES string of the molecule is Cc1ccc(C(=O)O)c2ncccc12.[Al]. The van der Waals surface area contributed by atoms with Crippen molar-refractivity contribution in [1.29, 1.82) is 0 Å². The maximum atomic E-state index is 10.9. The third kappa shape index (κ3) is 2.01. The van der Waals surface area contributed by atoms with Crippen LogP contribution in [-0.4, -0.2) is 33.4 Å². The molecule has 0 saturated heterocycles. The number of carboxylic acid groups (broad SMARTS) is 1. The molecule has 3 radical (unpaired) electrons. The molecule has 73 valence electrons. The van der Waals surface area contributed by atoms with Crippen LogP contribution in [0.5, 0.6) is 0 Å². The summed E-state index contributed by atoms with van der Waals surface area (Å²) in [6.45, 7) is 1.94. The zero-order valence-electron chi connectivity index (χ0n) is 8.27. The van der Waals surface area contributed by atoms with E-state index < -0.39 is 5.97 Å². The van der Waals surface area contributed by atoms with Gasteiger partial charge in [0.1, 0.15) is 0 Å². The zero-order valence-corrected chi connectivity index (χ0v) is 9.42. The summed E-state index contributed by atoms with van der Waals surface area (Å²) in [4.78, 5) is 15.0. The first-order chi connectivity index (χ1) is 6.70. The van der Waals surface area contributed by atoms with Crippen molar-refractivity contribution in [3.63, 3.8) is 0 Å². The van der Waals surface area contributed by atoms with E-state index in [1.54, 1.807) is 24.4 Å². The van der Waals surface area contributed by atoms with Crippen molar-refractivity contribution in [2.24, 2.45) is 0 Å². The Kier molecular flexibility index (Phi) is 3.46. The Labute approximate surface area is 97.9 Å².